The van der Waals surface area contributed by atoms with E-state index in [-0.39, 0.29) is 12.6 Å². The molecule has 0 saturated heterocycles. The highest BCUT2D eigenvalue weighted by molar-refractivity contribution is 9.10. The molecule has 1 aromatic carbocycles. The number of hydrogen-bond acceptors (Lipinski definition) is 2. The van der Waals surface area contributed by atoms with Crippen molar-refractivity contribution in [2.75, 3.05) is 6.54 Å². The van der Waals surface area contributed by atoms with Gasteiger partial charge < -0.3 is 15.7 Å². The molecule has 0 aliphatic carbocycles. The van der Waals surface area contributed by atoms with E-state index >= 15 is 0 Å². The van der Waals surface area contributed by atoms with Crippen LogP contribution in [0.2, 0.25) is 0 Å². The Balaban J connectivity index is 2.31. The first-order valence-corrected chi connectivity index (χ1v) is 5.81. The Kier molecular flexibility index (Phi) is 5.28. The van der Waals surface area contributed by atoms with Crippen LogP contribution in [-0.2, 0) is 6.54 Å². The smallest absolute Gasteiger partial charge is 0.315 e. The lowest BCUT2D eigenvalue weighted by atomic mass is 10.2. The van der Waals surface area contributed by atoms with Crippen molar-refractivity contribution in [3.05, 3.63) is 34.3 Å². The topological polar surface area (TPSA) is 61.4 Å². The van der Waals surface area contributed by atoms with Gasteiger partial charge in [-0.05, 0) is 24.6 Å². The molecule has 0 radical (unpaired) electrons. The molecule has 0 fully saturated rings. The number of benzene rings is 1. The first-order valence-electron chi connectivity index (χ1n) is 5.02. The molecular formula is C11H15BrN2O2. The molecule has 1 aromatic rings. The highest BCUT2D eigenvalue weighted by atomic mass is 79.9. The van der Waals surface area contributed by atoms with Gasteiger partial charge in [0.2, 0.25) is 0 Å². The van der Waals surface area contributed by atoms with Gasteiger partial charge in [0.15, 0.2) is 0 Å². The maximum Gasteiger partial charge on any atom is 0.315 e. The van der Waals surface area contributed by atoms with E-state index in [0.29, 0.717) is 6.54 Å². The average molecular weight is 287 g/mol. The summed E-state index contributed by atoms with van der Waals surface area (Å²) in [5.41, 5.74) is 1.02. The van der Waals surface area contributed by atoms with Crippen molar-refractivity contribution in [2.45, 2.75) is 19.6 Å². The number of rotatable bonds is 4. The summed E-state index contributed by atoms with van der Waals surface area (Å²) in [6, 6.07) is 7.43. The SMILES string of the molecule is CC(O)CNC(=O)NCc1cccc(Br)c1. The van der Waals surface area contributed by atoms with Crippen LogP contribution in [0.3, 0.4) is 0 Å². The predicted molar refractivity (Wildman–Crippen MR) is 66.1 cm³/mol. The number of carbonyl (C=O) groups excluding carboxylic acids is 1. The molecule has 16 heavy (non-hydrogen) atoms. The van der Waals surface area contributed by atoms with Gasteiger partial charge in [0.05, 0.1) is 6.10 Å². The maximum absolute atomic E-state index is 11.3. The van der Waals surface area contributed by atoms with E-state index in [1.54, 1.807) is 6.92 Å². The van der Waals surface area contributed by atoms with Crippen LogP contribution in [0.1, 0.15) is 12.5 Å². The van der Waals surface area contributed by atoms with Gasteiger partial charge in [-0.3, -0.25) is 0 Å². The zero-order chi connectivity index (χ0) is 12.0. The van der Waals surface area contributed by atoms with Crippen LogP contribution in [-0.4, -0.2) is 23.8 Å². The van der Waals surface area contributed by atoms with E-state index in [4.69, 9.17) is 5.11 Å². The van der Waals surface area contributed by atoms with Gasteiger partial charge >= 0.3 is 6.03 Å². The summed E-state index contributed by atoms with van der Waals surface area (Å²) in [5.74, 6) is 0. The van der Waals surface area contributed by atoms with E-state index in [9.17, 15) is 4.79 Å². The Labute approximate surface area is 103 Å². The first kappa shape index (κ1) is 13.0. The van der Waals surface area contributed by atoms with Gasteiger partial charge in [-0.25, -0.2) is 4.79 Å². The molecule has 1 rings (SSSR count). The Hall–Kier alpha value is -1.07. The third-order valence-corrected chi connectivity index (χ3v) is 2.39. The molecule has 88 valence electrons. The third-order valence-electron chi connectivity index (χ3n) is 1.90. The quantitative estimate of drug-likeness (QED) is 0.788. The number of amides is 2. The van der Waals surface area contributed by atoms with Crippen LogP contribution in [0.4, 0.5) is 4.79 Å². The van der Waals surface area contributed by atoms with Crippen molar-refractivity contribution in [1.29, 1.82) is 0 Å². The number of carbonyl (C=O) groups is 1. The lowest BCUT2D eigenvalue weighted by Gasteiger charge is -2.09. The van der Waals surface area contributed by atoms with Gasteiger partial charge in [0.1, 0.15) is 0 Å². The average Bonchev–Trinajstić information content (AvgIpc) is 2.23. The predicted octanol–water partition coefficient (Wildman–Crippen LogP) is 1.63. The van der Waals surface area contributed by atoms with Crippen LogP contribution >= 0.6 is 15.9 Å². The fraction of sp³-hybridized carbons (Fsp3) is 0.364. The summed E-state index contributed by atoms with van der Waals surface area (Å²) in [5, 5.41) is 14.2. The summed E-state index contributed by atoms with van der Waals surface area (Å²) in [6.45, 7) is 2.34. The zero-order valence-corrected chi connectivity index (χ0v) is 10.6. The molecule has 0 aromatic heterocycles. The molecule has 5 heteroatoms. The second-order valence-corrected chi connectivity index (χ2v) is 4.46. The van der Waals surface area contributed by atoms with Gasteiger partial charge in [0, 0.05) is 17.6 Å². The first-order chi connectivity index (χ1) is 7.58. The van der Waals surface area contributed by atoms with Crippen molar-refractivity contribution in [2.24, 2.45) is 0 Å². The number of aliphatic hydroxyl groups is 1. The number of aliphatic hydroxyl groups excluding tert-OH is 1. The molecule has 4 nitrogen and oxygen atoms in total. The van der Waals surface area contributed by atoms with E-state index in [2.05, 4.69) is 26.6 Å². The van der Waals surface area contributed by atoms with E-state index in [0.717, 1.165) is 10.0 Å². The molecule has 0 aliphatic rings. The van der Waals surface area contributed by atoms with Crippen LogP contribution in [0.25, 0.3) is 0 Å². The lowest BCUT2D eigenvalue weighted by Crippen LogP contribution is -2.38. The third kappa shape index (κ3) is 5.14. The van der Waals surface area contributed by atoms with Gasteiger partial charge in [0.25, 0.3) is 0 Å². The summed E-state index contributed by atoms with van der Waals surface area (Å²) in [4.78, 5) is 11.3. The summed E-state index contributed by atoms with van der Waals surface area (Å²) < 4.78 is 0.983. The standard InChI is InChI=1S/C11H15BrN2O2/c1-8(15)6-13-11(16)14-7-9-3-2-4-10(12)5-9/h2-5,8,15H,6-7H2,1H3,(H2,13,14,16). The minimum Gasteiger partial charge on any atom is -0.392 e. The van der Waals surface area contributed by atoms with Crippen molar-refractivity contribution in [1.82, 2.24) is 10.6 Å². The highest BCUT2D eigenvalue weighted by Gasteiger charge is 2.02. The minimum absolute atomic E-state index is 0.254. The van der Waals surface area contributed by atoms with Gasteiger partial charge in [-0.15, -0.1) is 0 Å². The largest absolute Gasteiger partial charge is 0.392 e. The molecule has 1 unspecified atom stereocenters. The summed E-state index contributed by atoms with van der Waals surface area (Å²) in [6.07, 6.45) is -0.531. The number of hydrogen-bond donors (Lipinski definition) is 3. The number of urea groups is 1. The monoisotopic (exact) mass is 286 g/mol. The molecule has 0 saturated carbocycles. The van der Waals surface area contributed by atoms with Crippen molar-refractivity contribution < 1.29 is 9.90 Å². The minimum atomic E-state index is -0.531. The fourth-order valence-electron chi connectivity index (χ4n) is 1.13. The normalized spacial score (nSPS) is 11.9. The van der Waals surface area contributed by atoms with Crippen molar-refractivity contribution in [3.63, 3.8) is 0 Å². The Morgan fingerprint density at radius 3 is 2.88 bits per heavy atom. The zero-order valence-electron chi connectivity index (χ0n) is 9.03. The second-order valence-electron chi connectivity index (χ2n) is 3.54. The molecule has 0 bridgehead atoms. The lowest BCUT2D eigenvalue weighted by molar-refractivity contribution is 0.187. The van der Waals surface area contributed by atoms with Crippen LogP contribution in [0, 0.1) is 0 Å². The van der Waals surface area contributed by atoms with E-state index < -0.39 is 6.10 Å². The van der Waals surface area contributed by atoms with Gasteiger partial charge in [-0.2, -0.15) is 0 Å². The van der Waals surface area contributed by atoms with Gasteiger partial charge in [-0.1, -0.05) is 28.1 Å². The Bertz CT molecular complexity index is 356. The Morgan fingerprint density at radius 1 is 1.50 bits per heavy atom. The molecule has 0 spiro atoms. The van der Waals surface area contributed by atoms with Crippen molar-refractivity contribution >= 4 is 22.0 Å². The molecule has 3 N–H and O–H groups in total. The van der Waals surface area contributed by atoms with Crippen LogP contribution < -0.4 is 10.6 Å². The fourth-order valence-corrected chi connectivity index (χ4v) is 1.58. The Morgan fingerprint density at radius 2 is 2.25 bits per heavy atom. The number of nitrogens with one attached hydrogen (secondary N) is 2. The van der Waals surface area contributed by atoms with E-state index in [1.807, 2.05) is 24.3 Å². The molecule has 2 amide bonds. The van der Waals surface area contributed by atoms with Crippen molar-refractivity contribution in [3.8, 4) is 0 Å². The van der Waals surface area contributed by atoms with Crippen LogP contribution in [0.5, 0.6) is 0 Å². The maximum atomic E-state index is 11.3. The molecular weight excluding hydrogens is 272 g/mol. The molecule has 0 aliphatic heterocycles. The van der Waals surface area contributed by atoms with E-state index in [1.165, 1.54) is 0 Å². The number of halogens is 1. The second kappa shape index (κ2) is 6.50. The molecule has 0 heterocycles. The summed E-state index contributed by atoms with van der Waals surface area (Å²) >= 11 is 3.36. The highest BCUT2D eigenvalue weighted by Crippen LogP contribution is 2.11. The molecule has 1 atom stereocenters. The summed E-state index contributed by atoms with van der Waals surface area (Å²) in [7, 11) is 0. The van der Waals surface area contributed by atoms with Crippen LogP contribution in [0.15, 0.2) is 28.7 Å².